The SMILES string of the molecule is CC[C@](C)(OC(C)=O)C(=O)O[C@H]1[C@H](OC(C)=O)[C@]2(CO)[C@H](O)[C@H](O)[C@]3(C)C(=CC[C@@H]4[C@@]5(C)CC[C@H](O[C@@H]6O[C@H](C(=O)O)[C@@H](O[C@@H]7O[C@@H](CO)[C@H](O)[C@H]7O)[C@H](O[C@@H]7OC[C@H](O)[C@H](O)[C@H]7O)[C@H]6O[C@@H]6O[C@H](CO)[C@@H](O)[C@H](O)[C@H]6O)C(C)(C)[C@@H]5CC[C@]43C)[C@@H]2CC1(C)C. The molecule has 0 radical (unpaired) electrons. The van der Waals surface area contributed by atoms with E-state index in [0.717, 1.165) is 19.4 Å². The van der Waals surface area contributed by atoms with Gasteiger partial charge in [-0.05, 0) is 85.9 Å². The number of rotatable bonds is 17. The van der Waals surface area contributed by atoms with Crippen LogP contribution in [0.25, 0.3) is 0 Å². The largest absolute Gasteiger partial charge is 0.479 e. The van der Waals surface area contributed by atoms with Crippen molar-refractivity contribution in [3.63, 3.8) is 0 Å². The summed E-state index contributed by atoms with van der Waals surface area (Å²) in [6, 6.07) is 0. The van der Waals surface area contributed by atoms with Gasteiger partial charge in [0.05, 0.1) is 50.2 Å². The van der Waals surface area contributed by atoms with Crippen molar-refractivity contribution in [2.75, 3.05) is 26.4 Å². The monoisotopic (exact) mass is 1290 g/mol. The molecule has 4 aliphatic heterocycles. The third-order valence-corrected chi connectivity index (χ3v) is 23.1. The number of aliphatic carboxylic acids is 1. The number of carbonyl (C=O) groups excluding carboxylic acids is 3. The van der Waals surface area contributed by atoms with Gasteiger partial charge in [0.1, 0.15) is 85.5 Å². The molecule has 29 heteroatoms. The highest BCUT2D eigenvalue weighted by atomic mass is 16.8. The molecule has 9 rings (SSSR count). The molecule has 0 amide bonds. The molecular formula is C61H96O29. The van der Waals surface area contributed by atoms with Crippen LogP contribution < -0.4 is 0 Å². The van der Waals surface area contributed by atoms with Gasteiger partial charge in [0.2, 0.25) is 5.60 Å². The van der Waals surface area contributed by atoms with Crippen LogP contribution in [0.2, 0.25) is 0 Å². The van der Waals surface area contributed by atoms with Gasteiger partial charge in [-0.1, -0.05) is 67.0 Å². The van der Waals surface area contributed by atoms with E-state index < -0.39 is 235 Å². The normalized spacial score (nSPS) is 49.5. The van der Waals surface area contributed by atoms with Crippen molar-refractivity contribution in [2.24, 2.45) is 50.2 Å². The number of esters is 3. The van der Waals surface area contributed by atoms with Gasteiger partial charge in [-0.15, -0.1) is 0 Å². The summed E-state index contributed by atoms with van der Waals surface area (Å²) < 4.78 is 67.0. The van der Waals surface area contributed by atoms with Gasteiger partial charge in [-0.25, -0.2) is 9.59 Å². The van der Waals surface area contributed by atoms with E-state index in [1.54, 1.807) is 6.92 Å². The Bertz CT molecular complexity index is 2640. The van der Waals surface area contributed by atoms with E-state index in [-0.39, 0.29) is 31.1 Å². The summed E-state index contributed by atoms with van der Waals surface area (Å²) in [5.74, 6) is -5.46. The summed E-state index contributed by atoms with van der Waals surface area (Å²) in [6.45, 7) is 15.9. The molecule has 29 nitrogen and oxygen atoms in total. The molecule has 0 aromatic heterocycles. The molecule has 31 atom stereocenters. The molecule has 0 unspecified atom stereocenters. The van der Waals surface area contributed by atoms with Crippen molar-refractivity contribution in [3.8, 4) is 0 Å². The lowest BCUT2D eigenvalue weighted by molar-refractivity contribution is -0.401. The number of ether oxygens (including phenoxy) is 11. The topological polar surface area (TPSA) is 453 Å². The minimum absolute atomic E-state index is 0.0225. The Labute approximate surface area is 521 Å². The number of hydrogen-bond acceptors (Lipinski definition) is 28. The number of carboxylic acids is 1. The lowest BCUT2D eigenvalue weighted by atomic mass is 9.32. The number of allylic oxidation sites excluding steroid dienone is 1. The van der Waals surface area contributed by atoms with Crippen molar-refractivity contribution in [1.29, 1.82) is 0 Å². The average molecular weight is 1290 g/mol. The lowest BCUT2D eigenvalue weighted by Gasteiger charge is -2.73. The Hall–Kier alpha value is -3.22. The maximum absolute atomic E-state index is 14.1. The molecule has 5 aliphatic carbocycles. The highest BCUT2D eigenvalue weighted by Gasteiger charge is 2.77. The van der Waals surface area contributed by atoms with Gasteiger partial charge in [0.15, 0.2) is 37.4 Å². The highest BCUT2D eigenvalue weighted by molar-refractivity contribution is 5.82. The van der Waals surface area contributed by atoms with E-state index in [1.165, 1.54) is 6.92 Å². The molecular weight excluding hydrogens is 1200 g/mol. The number of carboxylic acid groups (broad SMARTS) is 1. The first-order valence-electron chi connectivity index (χ1n) is 31.3. The molecule has 0 spiro atoms. The van der Waals surface area contributed by atoms with Gasteiger partial charge in [0.25, 0.3) is 0 Å². The smallest absolute Gasteiger partial charge is 0.350 e. The fourth-order valence-electron chi connectivity index (χ4n) is 17.8. The van der Waals surface area contributed by atoms with Crippen molar-refractivity contribution in [3.05, 3.63) is 11.6 Å². The second-order valence-corrected chi connectivity index (χ2v) is 28.8. The van der Waals surface area contributed by atoms with Crippen LogP contribution in [0.1, 0.15) is 121 Å². The molecule has 4 saturated heterocycles. The Kier molecular flexibility index (Phi) is 20.3. The number of hydrogen-bond donors (Lipinski definition) is 14. The van der Waals surface area contributed by atoms with E-state index in [0.29, 0.717) is 25.7 Å². The van der Waals surface area contributed by atoms with Gasteiger partial charge < -0.3 is 124 Å². The fourth-order valence-corrected chi connectivity index (χ4v) is 17.8. The highest BCUT2D eigenvalue weighted by Crippen LogP contribution is 2.76. The summed E-state index contributed by atoms with van der Waals surface area (Å²) in [4.78, 5) is 53.2. The van der Waals surface area contributed by atoms with Crippen LogP contribution in [0, 0.1) is 50.2 Å². The van der Waals surface area contributed by atoms with E-state index in [2.05, 4.69) is 19.9 Å². The van der Waals surface area contributed by atoms with Crippen LogP contribution in [0.15, 0.2) is 11.6 Å². The zero-order valence-electron chi connectivity index (χ0n) is 52.8. The van der Waals surface area contributed by atoms with E-state index in [1.807, 2.05) is 34.6 Å². The van der Waals surface area contributed by atoms with Crippen molar-refractivity contribution in [1.82, 2.24) is 0 Å². The summed E-state index contributed by atoms with van der Waals surface area (Å²) in [5, 5.41) is 157. The van der Waals surface area contributed by atoms with Gasteiger partial charge in [0, 0.05) is 24.7 Å². The molecule has 90 heavy (non-hydrogen) atoms. The van der Waals surface area contributed by atoms with Crippen LogP contribution in [0.4, 0.5) is 0 Å². The second kappa shape index (κ2) is 25.7. The summed E-state index contributed by atoms with van der Waals surface area (Å²) in [6.07, 6.45) is -37.2. The minimum Gasteiger partial charge on any atom is -0.479 e. The maximum Gasteiger partial charge on any atom is 0.350 e. The first-order chi connectivity index (χ1) is 41.9. The van der Waals surface area contributed by atoms with Crippen molar-refractivity contribution < 1.29 is 143 Å². The number of fused-ring (bicyclic) bond motifs is 7. The Balaban J connectivity index is 1.07. The third-order valence-electron chi connectivity index (χ3n) is 23.1. The first-order valence-corrected chi connectivity index (χ1v) is 31.3. The zero-order chi connectivity index (χ0) is 66.7. The molecule has 0 bridgehead atoms. The Morgan fingerprint density at radius 3 is 1.78 bits per heavy atom. The predicted molar refractivity (Wildman–Crippen MR) is 301 cm³/mol. The molecule has 8 fully saturated rings. The molecule has 9 aliphatic rings. The van der Waals surface area contributed by atoms with Crippen LogP contribution >= 0.6 is 0 Å². The van der Waals surface area contributed by atoms with E-state index in [9.17, 15) is 90.7 Å². The average Bonchev–Trinajstić information content (AvgIpc) is 0.730. The molecule has 514 valence electrons. The van der Waals surface area contributed by atoms with Gasteiger partial charge in [-0.2, -0.15) is 0 Å². The first kappa shape index (κ1) is 71.1. The number of carbonyl (C=O) groups is 4. The number of aliphatic hydroxyl groups is 13. The number of aliphatic hydroxyl groups excluding tert-OH is 13. The summed E-state index contributed by atoms with van der Waals surface area (Å²) in [5.41, 5.74) is -7.42. The van der Waals surface area contributed by atoms with E-state index >= 15 is 0 Å². The van der Waals surface area contributed by atoms with E-state index in [4.69, 9.17) is 52.1 Å². The third kappa shape index (κ3) is 11.5. The molecule has 14 N–H and O–H groups in total. The lowest BCUT2D eigenvalue weighted by Crippen LogP contribution is -2.76. The predicted octanol–water partition coefficient (Wildman–Crippen LogP) is -2.45. The molecule has 4 heterocycles. The summed E-state index contributed by atoms with van der Waals surface area (Å²) >= 11 is 0. The zero-order valence-corrected chi connectivity index (χ0v) is 52.8. The van der Waals surface area contributed by atoms with Crippen LogP contribution in [0.3, 0.4) is 0 Å². The fraction of sp³-hybridized carbons (Fsp3) is 0.902. The molecule has 4 saturated carbocycles. The second-order valence-electron chi connectivity index (χ2n) is 28.8. The van der Waals surface area contributed by atoms with Gasteiger partial charge >= 0.3 is 23.9 Å². The van der Waals surface area contributed by atoms with Crippen LogP contribution in [0.5, 0.6) is 0 Å². The van der Waals surface area contributed by atoms with Crippen LogP contribution in [-0.2, 0) is 71.3 Å². The van der Waals surface area contributed by atoms with Gasteiger partial charge in [-0.3, -0.25) is 9.59 Å². The maximum atomic E-state index is 14.1. The standard InChI is InChI=1S/C61H96O29/c1-12-59(10,90-25(3)66)54(79)89-47-48(81-24(2)65)61(23-64)27(19-55(47,4)5)26-13-14-32-57(8)17-16-33(56(6,7)31(57)15-18-58(32,9)60(26,11)45(75)46(61)76)84-53-44(88-52-40(74)37(71)35(69)29(20-62)82-52)42(85-50-38(72)34(68)28(67)22-80-50)41(43(87-53)49(77)78)86-51-39(73)36(70)30(21-63)83-51/h13,27-48,50-53,62-64,67-76H,12,14-23H2,1-11H3,(H,77,78)/t27-,28-,29+,30-,31-,32+,33-,34-,35+,36-,37-,38+,39+,40+,41-,42-,43-,44+,45-,46+,47-,48-,50-,51-,52-,53+,57-,58+,59-,60-,61-/m0/s1. The van der Waals surface area contributed by atoms with Crippen LogP contribution in [-0.4, -0.2) is 269 Å². The minimum atomic E-state index is -2.20. The Morgan fingerprint density at radius 1 is 0.633 bits per heavy atom. The van der Waals surface area contributed by atoms with Crippen molar-refractivity contribution in [2.45, 2.75) is 268 Å². The summed E-state index contributed by atoms with van der Waals surface area (Å²) in [7, 11) is 0. The Morgan fingerprint density at radius 2 is 1.21 bits per heavy atom. The quantitative estimate of drug-likeness (QED) is 0.0311. The van der Waals surface area contributed by atoms with Crippen molar-refractivity contribution >= 4 is 23.9 Å². The molecule has 0 aromatic rings. The molecule has 0 aromatic carbocycles.